The maximum Gasteiger partial charge on any atom is 0.511 e. The van der Waals surface area contributed by atoms with Gasteiger partial charge in [-0.2, -0.15) is 17.5 Å². The first-order chi connectivity index (χ1) is 20.2. The number of amides is 2. The van der Waals surface area contributed by atoms with Crippen molar-refractivity contribution in [2.75, 3.05) is 13.1 Å². The number of carboxylic acids is 1. The van der Waals surface area contributed by atoms with Crippen LogP contribution in [-0.4, -0.2) is 66.3 Å². The summed E-state index contributed by atoms with van der Waals surface area (Å²) in [6.45, 7) is -0.892. The lowest BCUT2D eigenvalue weighted by molar-refractivity contribution is -0.127. The number of piperidine rings is 1. The van der Waals surface area contributed by atoms with Crippen LogP contribution in [0.15, 0.2) is 48.6 Å². The molecule has 9 nitrogen and oxygen atoms in total. The highest BCUT2D eigenvalue weighted by atomic mass is 32.2. The summed E-state index contributed by atoms with van der Waals surface area (Å²) in [5, 5.41) is 14.4. The fourth-order valence-electron chi connectivity index (χ4n) is 6.06. The van der Waals surface area contributed by atoms with E-state index in [1.807, 2.05) is 0 Å². The van der Waals surface area contributed by atoms with Crippen molar-refractivity contribution < 1.29 is 49.9 Å². The van der Waals surface area contributed by atoms with Crippen molar-refractivity contribution in [3.8, 4) is 11.1 Å². The number of hydrogen-bond acceptors (Lipinski definition) is 5. The van der Waals surface area contributed by atoms with Crippen molar-refractivity contribution >= 4 is 27.8 Å². The lowest BCUT2D eigenvalue weighted by Crippen LogP contribution is -2.55. The molecule has 3 N–H and O–H groups in total. The van der Waals surface area contributed by atoms with Gasteiger partial charge < -0.3 is 15.7 Å². The molecule has 43 heavy (non-hydrogen) atoms. The molecule has 1 heterocycles. The van der Waals surface area contributed by atoms with E-state index in [2.05, 4.69) is 10.6 Å². The molecule has 2 aromatic carbocycles. The van der Waals surface area contributed by atoms with E-state index in [0.717, 1.165) is 6.07 Å². The molecule has 5 atom stereocenters. The predicted molar refractivity (Wildman–Crippen MR) is 142 cm³/mol. The van der Waals surface area contributed by atoms with Gasteiger partial charge in [0.25, 0.3) is 5.91 Å². The second-order valence-electron chi connectivity index (χ2n) is 10.8. The Kier molecular flexibility index (Phi) is 8.07. The topological polar surface area (TPSA) is 133 Å². The van der Waals surface area contributed by atoms with E-state index in [1.165, 1.54) is 24.3 Å². The average Bonchev–Trinajstić information content (AvgIpc) is 3.55. The van der Waals surface area contributed by atoms with Crippen LogP contribution in [0, 0.1) is 29.4 Å². The van der Waals surface area contributed by atoms with Crippen LogP contribution in [0.4, 0.5) is 22.0 Å². The molecule has 15 heteroatoms. The van der Waals surface area contributed by atoms with Gasteiger partial charge in [-0.25, -0.2) is 22.0 Å². The molecule has 0 unspecified atom stereocenters. The smallest absolute Gasteiger partial charge is 0.478 e. The summed E-state index contributed by atoms with van der Waals surface area (Å²) < 4.78 is 92.7. The number of rotatable bonds is 7. The van der Waals surface area contributed by atoms with Crippen molar-refractivity contribution in [1.29, 1.82) is 0 Å². The highest BCUT2D eigenvalue weighted by molar-refractivity contribution is 7.90. The summed E-state index contributed by atoms with van der Waals surface area (Å²) in [6, 6.07) is 4.91. The van der Waals surface area contributed by atoms with Crippen molar-refractivity contribution in [2.24, 2.45) is 17.8 Å². The number of fused-ring (bicyclic) bond motifs is 2. The van der Waals surface area contributed by atoms with Crippen LogP contribution >= 0.6 is 0 Å². The Morgan fingerprint density at radius 3 is 2.28 bits per heavy atom. The maximum atomic E-state index is 14.8. The van der Waals surface area contributed by atoms with E-state index in [4.69, 9.17) is 5.11 Å². The summed E-state index contributed by atoms with van der Waals surface area (Å²) >= 11 is 0. The van der Waals surface area contributed by atoms with Crippen LogP contribution in [0.25, 0.3) is 11.1 Å². The molecule has 230 valence electrons. The van der Waals surface area contributed by atoms with Gasteiger partial charge in [0.05, 0.1) is 17.0 Å². The zero-order chi connectivity index (χ0) is 31.3. The molecule has 2 fully saturated rings. The van der Waals surface area contributed by atoms with Crippen molar-refractivity contribution in [3.63, 3.8) is 0 Å². The number of carbonyl (C=O) groups is 3. The summed E-state index contributed by atoms with van der Waals surface area (Å²) in [5.74, 6) is -6.33. The van der Waals surface area contributed by atoms with Gasteiger partial charge in [-0.05, 0) is 54.9 Å². The van der Waals surface area contributed by atoms with Crippen molar-refractivity contribution in [2.45, 2.75) is 36.9 Å². The van der Waals surface area contributed by atoms with Crippen LogP contribution in [0.5, 0.6) is 0 Å². The van der Waals surface area contributed by atoms with Crippen LogP contribution < -0.4 is 10.6 Å². The van der Waals surface area contributed by atoms with Gasteiger partial charge in [0.2, 0.25) is 5.91 Å². The number of alkyl halides is 3. The number of carboxylic acid groups (broad SMARTS) is 1. The highest BCUT2D eigenvalue weighted by Crippen LogP contribution is 2.44. The van der Waals surface area contributed by atoms with E-state index in [0.29, 0.717) is 16.8 Å². The summed E-state index contributed by atoms with van der Waals surface area (Å²) in [7, 11) is -5.56. The third-order valence-corrected chi connectivity index (χ3v) is 9.76. The second-order valence-corrected chi connectivity index (χ2v) is 12.8. The number of allylic oxidation sites excluding steroid dienone is 1. The zero-order valence-electron chi connectivity index (χ0n) is 22.3. The van der Waals surface area contributed by atoms with E-state index < -0.39 is 75.1 Å². The molecule has 1 aliphatic heterocycles. The first kappa shape index (κ1) is 30.6. The minimum Gasteiger partial charge on any atom is -0.478 e. The number of aromatic carboxylic acids is 1. The van der Waals surface area contributed by atoms with Crippen LogP contribution in [0.1, 0.15) is 40.0 Å². The number of nitrogens with one attached hydrogen (secondary N) is 2. The standard InChI is InChI=1S/C28H26F5N3O6S/c29-21-12-22(30)20(11-19(21)14-3-5-15(6-4-14)27(39)40)25(37)35-24-17-8-7-16(10-17)23(24)26(38)34-18-2-1-9-36(13-18)43(41,42)28(31,32)33/h3-8,11-12,16-18,23-24H,1-2,9-10,13H2,(H,34,38)(H,35,37)(H,39,40)/t16-,17+,18-,23+,24-/m0/s1. The van der Waals surface area contributed by atoms with Crippen LogP contribution in [0.2, 0.25) is 0 Å². The Balaban J connectivity index is 1.32. The third kappa shape index (κ3) is 5.87. The van der Waals surface area contributed by atoms with Gasteiger partial charge in [-0.1, -0.05) is 24.3 Å². The Morgan fingerprint density at radius 1 is 0.953 bits per heavy atom. The molecule has 5 rings (SSSR count). The first-order valence-corrected chi connectivity index (χ1v) is 14.8. The minimum absolute atomic E-state index is 0.0548. The summed E-state index contributed by atoms with van der Waals surface area (Å²) in [6.07, 6.45) is 4.42. The molecular formula is C28H26F5N3O6S. The first-order valence-electron chi connectivity index (χ1n) is 13.4. The van der Waals surface area contributed by atoms with E-state index in [1.54, 1.807) is 12.2 Å². The van der Waals surface area contributed by atoms with Gasteiger partial charge in [-0.3, -0.25) is 9.59 Å². The van der Waals surface area contributed by atoms with E-state index >= 15 is 0 Å². The maximum absolute atomic E-state index is 14.8. The van der Waals surface area contributed by atoms with Crippen LogP contribution in [-0.2, 0) is 14.8 Å². The van der Waals surface area contributed by atoms with Crippen LogP contribution in [0.3, 0.4) is 0 Å². The molecule has 1 saturated carbocycles. The molecule has 1 saturated heterocycles. The summed E-state index contributed by atoms with van der Waals surface area (Å²) in [5.41, 5.74) is -5.99. The quantitative estimate of drug-likeness (QED) is 0.317. The van der Waals surface area contributed by atoms with E-state index in [-0.39, 0.29) is 47.9 Å². The molecule has 0 radical (unpaired) electrons. The van der Waals surface area contributed by atoms with Gasteiger partial charge in [-0.15, -0.1) is 0 Å². The summed E-state index contributed by atoms with van der Waals surface area (Å²) in [4.78, 5) is 37.7. The molecule has 3 aliphatic rings. The molecule has 2 bridgehead atoms. The monoisotopic (exact) mass is 627 g/mol. The third-order valence-electron chi connectivity index (χ3n) is 8.17. The lowest BCUT2D eigenvalue weighted by Gasteiger charge is -2.34. The number of sulfonamides is 1. The van der Waals surface area contributed by atoms with E-state index in [9.17, 15) is 44.8 Å². The molecule has 2 aliphatic carbocycles. The minimum atomic E-state index is -5.56. The number of nitrogens with zero attached hydrogens (tertiary/aromatic N) is 1. The number of carbonyl (C=O) groups excluding carboxylic acids is 2. The Labute approximate surface area is 242 Å². The zero-order valence-corrected chi connectivity index (χ0v) is 23.1. The molecule has 0 spiro atoms. The molecular weight excluding hydrogens is 601 g/mol. The lowest BCUT2D eigenvalue weighted by atomic mass is 9.87. The largest absolute Gasteiger partial charge is 0.511 e. The average molecular weight is 628 g/mol. The SMILES string of the molecule is O=C(O)c1ccc(-c2cc(C(=O)N[C@@H]3[C@H](C(=O)N[C@H]4CCCN(S(=O)(=O)C(F)(F)F)C4)[C@H]4C=C[C@@H]3C4)c(F)cc2F)cc1. The van der Waals surface area contributed by atoms with Gasteiger partial charge >= 0.3 is 21.5 Å². The Bertz CT molecular complexity index is 1590. The normalized spacial score (nSPS) is 25.5. The molecule has 2 aromatic rings. The fourth-order valence-corrected chi connectivity index (χ4v) is 7.10. The van der Waals surface area contributed by atoms with Crippen molar-refractivity contribution in [3.05, 3.63) is 71.3 Å². The Morgan fingerprint density at radius 2 is 1.63 bits per heavy atom. The van der Waals surface area contributed by atoms with Crippen molar-refractivity contribution in [1.82, 2.24) is 14.9 Å². The highest BCUT2D eigenvalue weighted by Gasteiger charge is 2.52. The van der Waals surface area contributed by atoms with Gasteiger partial charge in [0, 0.05) is 36.8 Å². The van der Waals surface area contributed by atoms with Gasteiger partial charge in [0.1, 0.15) is 11.6 Å². The number of hydrogen-bond donors (Lipinski definition) is 3. The van der Waals surface area contributed by atoms with Gasteiger partial charge in [0.15, 0.2) is 0 Å². The second kappa shape index (κ2) is 11.3. The fraction of sp³-hybridized carbons (Fsp3) is 0.393. The number of benzene rings is 2. The number of halogens is 5. The molecule has 2 amide bonds. The predicted octanol–water partition coefficient (Wildman–Crippen LogP) is 3.68. The molecule has 0 aromatic heterocycles. The Hall–Kier alpha value is -3.85.